The van der Waals surface area contributed by atoms with Gasteiger partial charge in [0.15, 0.2) is 6.10 Å². The van der Waals surface area contributed by atoms with Crippen molar-refractivity contribution in [3.05, 3.63) is 53.6 Å². The number of halogens is 1. The number of benzene rings is 2. The molecule has 2 rings (SSSR count). The summed E-state index contributed by atoms with van der Waals surface area (Å²) in [7, 11) is -2.54. The molecule has 2 atom stereocenters. The molecule has 10 heteroatoms. The largest absolute Gasteiger partial charge is 0.495 e. The molecular weight excluding hydrogens is 444 g/mol. The number of anilines is 1. The molecule has 2 N–H and O–H groups in total. The van der Waals surface area contributed by atoms with Crippen LogP contribution in [0.1, 0.15) is 20.8 Å². The topological polar surface area (TPSA) is 111 Å². The molecule has 0 radical (unpaired) electrons. The highest BCUT2D eigenvalue weighted by Crippen LogP contribution is 2.23. The summed E-state index contributed by atoms with van der Waals surface area (Å²) >= 11 is 5.80. The molecule has 0 saturated carbocycles. The van der Waals surface area contributed by atoms with Crippen LogP contribution in [0.3, 0.4) is 0 Å². The predicted molar refractivity (Wildman–Crippen MR) is 118 cm³/mol. The lowest BCUT2D eigenvalue weighted by atomic mass is 10.1. The molecule has 8 nitrogen and oxygen atoms in total. The Labute approximate surface area is 186 Å². The van der Waals surface area contributed by atoms with Crippen LogP contribution in [0, 0.1) is 5.92 Å². The van der Waals surface area contributed by atoms with Gasteiger partial charge in [0.25, 0.3) is 5.91 Å². The van der Waals surface area contributed by atoms with E-state index in [9.17, 15) is 18.0 Å². The van der Waals surface area contributed by atoms with E-state index in [1.807, 2.05) is 0 Å². The zero-order valence-corrected chi connectivity index (χ0v) is 19.2. The molecule has 0 fully saturated rings. The van der Waals surface area contributed by atoms with Gasteiger partial charge in [-0.05, 0) is 49.2 Å². The smallest absolute Gasteiger partial charge is 0.325 e. The van der Waals surface area contributed by atoms with E-state index in [0.717, 1.165) is 0 Å². The number of carbonyl (C=O) groups excluding carboxylic acids is 2. The molecule has 168 valence electrons. The number of ether oxygens (including phenoxy) is 2. The van der Waals surface area contributed by atoms with Crippen molar-refractivity contribution in [1.29, 1.82) is 0 Å². The normalized spacial score (nSPS) is 13.4. The summed E-state index contributed by atoms with van der Waals surface area (Å²) in [5.41, 5.74) is 0.418. The second kappa shape index (κ2) is 10.6. The Morgan fingerprint density at radius 3 is 2.19 bits per heavy atom. The van der Waals surface area contributed by atoms with Crippen LogP contribution < -0.4 is 14.8 Å². The Morgan fingerprint density at radius 1 is 1.00 bits per heavy atom. The SMILES string of the molecule is COc1ccccc1NC(=O)C(C)OC(=O)C(NS(=O)(=O)c1ccc(Cl)cc1)C(C)C. The fourth-order valence-electron chi connectivity index (χ4n) is 2.59. The summed E-state index contributed by atoms with van der Waals surface area (Å²) < 4.78 is 38.0. The lowest BCUT2D eigenvalue weighted by Gasteiger charge is -2.23. The third-order valence-corrected chi connectivity index (χ3v) is 6.06. The number of esters is 1. The summed E-state index contributed by atoms with van der Waals surface area (Å²) in [6.45, 7) is 4.72. The summed E-state index contributed by atoms with van der Waals surface area (Å²) in [6, 6.07) is 11.1. The van der Waals surface area contributed by atoms with Crippen molar-refractivity contribution in [2.24, 2.45) is 5.92 Å². The molecule has 1 amide bonds. The summed E-state index contributed by atoms with van der Waals surface area (Å²) in [5.74, 6) is -1.43. The van der Waals surface area contributed by atoms with Gasteiger partial charge in [0.2, 0.25) is 10.0 Å². The van der Waals surface area contributed by atoms with Crippen LogP contribution in [-0.4, -0.2) is 39.5 Å². The molecule has 0 aliphatic heterocycles. The second-order valence-electron chi connectivity index (χ2n) is 7.07. The Morgan fingerprint density at radius 2 is 1.61 bits per heavy atom. The van der Waals surface area contributed by atoms with E-state index in [1.165, 1.54) is 38.3 Å². The molecular formula is C21H25ClN2O6S. The van der Waals surface area contributed by atoms with Crippen LogP contribution in [0.2, 0.25) is 5.02 Å². The lowest BCUT2D eigenvalue weighted by molar-refractivity contribution is -0.155. The number of amides is 1. The van der Waals surface area contributed by atoms with Gasteiger partial charge in [0, 0.05) is 5.02 Å². The minimum Gasteiger partial charge on any atom is -0.495 e. The Hall–Kier alpha value is -2.62. The average Bonchev–Trinajstić information content (AvgIpc) is 2.72. The number of para-hydroxylation sites is 2. The maximum Gasteiger partial charge on any atom is 0.325 e. The molecule has 0 spiro atoms. The first-order valence-electron chi connectivity index (χ1n) is 9.47. The minimum absolute atomic E-state index is 0.0442. The van der Waals surface area contributed by atoms with E-state index in [4.69, 9.17) is 21.1 Å². The van der Waals surface area contributed by atoms with Crippen molar-refractivity contribution < 1.29 is 27.5 Å². The van der Waals surface area contributed by atoms with Crippen molar-refractivity contribution in [2.45, 2.75) is 37.8 Å². The molecule has 0 aromatic heterocycles. The van der Waals surface area contributed by atoms with E-state index in [1.54, 1.807) is 38.1 Å². The zero-order valence-electron chi connectivity index (χ0n) is 17.6. The van der Waals surface area contributed by atoms with E-state index in [0.29, 0.717) is 16.5 Å². The van der Waals surface area contributed by atoms with E-state index >= 15 is 0 Å². The van der Waals surface area contributed by atoms with E-state index in [-0.39, 0.29) is 4.90 Å². The number of rotatable bonds is 9. The molecule has 0 aliphatic carbocycles. The van der Waals surface area contributed by atoms with Crippen LogP contribution in [0.4, 0.5) is 5.69 Å². The van der Waals surface area contributed by atoms with Gasteiger partial charge in [-0.15, -0.1) is 0 Å². The van der Waals surface area contributed by atoms with E-state index in [2.05, 4.69) is 10.0 Å². The van der Waals surface area contributed by atoms with Gasteiger partial charge in [0.05, 0.1) is 17.7 Å². The van der Waals surface area contributed by atoms with Crippen molar-refractivity contribution in [1.82, 2.24) is 4.72 Å². The number of hydrogen-bond donors (Lipinski definition) is 2. The highest BCUT2D eigenvalue weighted by molar-refractivity contribution is 7.89. The quantitative estimate of drug-likeness (QED) is 0.546. The highest BCUT2D eigenvalue weighted by Gasteiger charge is 2.32. The van der Waals surface area contributed by atoms with Gasteiger partial charge in [-0.25, -0.2) is 8.42 Å². The van der Waals surface area contributed by atoms with Crippen molar-refractivity contribution in [3.8, 4) is 5.75 Å². The van der Waals surface area contributed by atoms with Crippen LogP contribution in [0.15, 0.2) is 53.4 Å². The van der Waals surface area contributed by atoms with Crippen molar-refractivity contribution in [2.75, 3.05) is 12.4 Å². The molecule has 0 heterocycles. The third kappa shape index (κ3) is 6.68. The molecule has 0 bridgehead atoms. The molecule has 2 aromatic rings. The molecule has 2 unspecified atom stereocenters. The number of methoxy groups -OCH3 is 1. The predicted octanol–water partition coefficient (Wildman–Crippen LogP) is 3.22. The van der Waals surface area contributed by atoms with Gasteiger partial charge in [0.1, 0.15) is 11.8 Å². The van der Waals surface area contributed by atoms with Crippen LogP contribution in [-0.2, 0) is 24.3 Å². The van der Waals surface area contributed by atoms with Gasteiger partial charge >= 0.3 is 5.97 Å². The summed E-state index contributed by atoms with van der Waals surface area (Å²) in [6.07, 6.45) is -1.17. The third-order valence-electron chi connectivity index (χ3n) is 4.35. The van der Waals surface area contributed by atoms with Gasteiger partial charge < -0.3 is 14.8 Å². The van der Waals surface area contributed by atoms with Gasteiger partial charge in [-0.3, -0.25) is 9.59 Å². The first kappa shape index (κ1) is 24.6. The second-order valence-corrected chi connectivity index (χ2v) is 9.22. The van der Waals surface area contributed by atoms with Gasteiger partial charge in [-0.1, -0.05) is 37.6 Å². The fourth-order valence-corrected chi connectivity index (χ4v) is 4.05. The summed E-state index contributed by atoms with van der Waals surface area (Å²) in [4.78, 5) is 25.1. The van der Waals surface area contributed by atoms with Crippen LogP contribution >= 0.6 is 11.6 Å². The molecule has 31 heavy (non-hydrogen) atoms. The summed E-state index contributed by atoms with van der Waals surface area (Å²) in [5, 5.41) is 3.00. The first-order chi connectivity index (χ1) is 14.5. The fraction of sp³-hybridized carbons (Fsp3) is 0.333. The zero-order chi connectivity index (χ0) is 23.2. The Balaban J connectivity index is 2.09. The monoisotopic (exact) mass is 468 g/mol. The maximum atomic E-state index is 12.7. The van der Waals surface area contributed by atoms with Crippen molar-refractivity contribution >= 4 is 39.2 Å². The first-order valence-corrected chi connectivity index (χ1v) is 11.3. The number of nitrogens with one attached hydrogen (secondary N) is 2. The molecule has 0 aliphatic rings. The Bertz CT molecular complexity index is 1020. The van der Waals surface area contributed by atoms with Gasteiger partial charge in [-0.2, -0.15) is 4.72 Å². The standard InChI is InChI=1S/C21H25ClN2O6S/c1-13(2)19(24-31(27,28)16-11-9-15(22)10-12-16)21(26)30-14(3)20(25)23-17-7-5-6-8-18(17)29-4/h5-14,19,24H,1-4H3,(H,23,25). The number of sulfonamides is 1. The van der Waals surface area contributed by atoms with Crippen LogP contribution in [0.5, 0.6) is 5.75 Å². The minimum atomic E-state index is -4.01. The number of hydrogen-bond acceptors (Lipinski definition) is 6. The highest BCUT2D eigenvalue weighted by atomic mass is 35.5. The Kier molecular flexibility index (Phi) is 8.43. The molecule has 2 aromatic carbocycles. The maximum absolute atomic E-state index is 12.7. The molecule has 0 saturated heterocycles. The van der Waals surface area contributed by atoms with Crippen LogP contribution in [0.25, 0.3) is 0 Å². The van der Waals surface area contributed by atoms with Crippen molar-refractivity contribution in [3.63, 3.8) is 0 Å². The lowest BCUT2D eigenvalue weighted by Crippen LogP contribution is -2.47. The number of carbonyl (C=O) groups is 2. The average molecular weight is 469 g/mol. The van der Waals surface area contributed by atoms with E-state index < -0.39 is 40.0 Å².